The Balaban J connectivity index is 2.33. The summed E-state index contributed by atoms with van der Waals surface area (Å²) in [6.45, 7) is 1.12. The van der Waals surface area contributed by atoms with Gasteiger partial charge >= 0.3 is 0 Å². The molecule has 0 saturated carbocycles. The Morgan fingerprint density at radius 2 is 2.31 bits per heavy atom. The van der Waals surface area contributed by atoms with Gasteiger partial charge in [0.1, 0.15) is 5.75 Å². The summed E-state index contributed by atoms with van der Waals surface area (Å²) >= 11 is 2.33. The van der Waals surface area contributed by atoms with Gasteiger partial charge < -0.3 is 10.1 Å². The average Bonchev–Trinajstić information content (AvgIpc) is 2.02. The third-order valence-electron chi connectivity index (χ3n) is 2.39. The second-order valence-electron chi connectivity index (χ2n) is 3.18. The van der Waals surface area contributed by atoms with Crippen LogP contribution in [0.1, 0.15) is 18.0 Å². The summed E-state index contributed by atoms with van der Waals surface area (Å²) in [6, 6.07) is 6.80. The highest BCUT2D eigenvalue weighted by molar-refractivity contribution is 14.1. The van der Waals surface area contributed by atoms with E-state index in [-0.39, 0.29) is 0 Å². The third-order valence-corrected chi connectivity index (χ3v) is 3.06. The molecular formula is C10H12INO. The molecule has 1 saturated heterocycles. The van der Waals surface area contributed by atoms with Crippen molar-refractivity contribution < 1.29 is 4.74 Å². The number of halogens is 1. The molecular weight excluding hydrogens is 277 g/mol. The average molecular weight is 289 g/mol. The number of benzene rings is 1. The molecule has 0 unspecified atom stereocenters. The van der Waals surface area contributed by atoms with E-state index in [9.17, 15) is 0 Å². The molecule has 2 rings (SSSR count). The van der Waals surface area contributed by atoms with Gasteiger partial charge in [-0.15, -0.1) is 0 Å². The van der Waals surface area contributed by atoms with Crippen LogP contribution in [0.5, 0.6) is 5.75 Å². The minimum atomic E-state index is 0.504. The predicted octanol–water partition coefficient (Wildman–Crippen LogP) is 2.33. The number of ether oxygens (including phenoxy) is 1. The van der Waals surface area contributed by atoms with Crippen molar-refractivity contribution in [3.8, 4) is 5.75 Å². The van der Waals surface area contributed by atoms with Crippen LogP contribution >= 0.6 is 22.6 Å². The zero-order valence-electron chi connectivity index (χ0n) is 7.51. The first kappa shape index (κ1) is 9.27. The zero-order valence-corrected chi connectivity index (χ0v) is 9.67. The maximum absolute atomic E-state index is 5.31. The minimum absolute atomic E-state index is 0.504. The van der Waals surface area contributed by atoms with Crippen LogP contribution in [0.2, 0.25) is 0 Å². The van der Waals surface area contributed by atoms with Crippen LogP contribution < -0.4 is 10.1 Å². The van der Waals surface area contributed by atoms with Crippen molar-refractivity contribution in [2.24, 2.45) is 0 Å². The Kier molecular flexibility index (Phi) is 2.74. The summed E-state index contributed by atoms with van der Waals surface area (Å²) in [5.41, 5.74) is 1.29. The first-order valence-corrected chi connectivity index (χ1v) is 5.46. The predicted molar refractivity (Wildman–Crippen MR) is 61.1 cm³/mol. The molecule has 1 aromatic rings. The second kappa shape index (κ2) is 3.84. The fourth-order valence-electron chi connectivity index (χ4n) is 1.53. The molecule has 0 spiro atoms. The summed E-state index contributed by atoms with van der Waals surface area (Å²) in [7, 11) is 1.73. The van der Waals surface area contributed by atoms with Gasteiger partial charge in [0.15, 0.2) is 0 Å². The van der Waals surface area contributed by atoms with Gasteiger partial charge in [0.05, 0.1) is 7.11 Å². The van der Waals surface area contributed by atoms with E-state index in [1.165, 1.54) is 15.6 Å². The molecule has 1 aliphatic heterocycles. The van der Waals surface area contributed by atoms with Gasteiger partial charge in [-0.05, 0) is 53.8 Å². The first-order valence-electron chi connectivity index (χ1n) is 4.38. The lowest BCUT2D eigenvalue weighted by molar-refractivity contribution is 0.353. The number of rotatable bonds is 2. The van der Waals surface area contributed by atoms with Crippen molar-refractivity contribution in [1.82, 2.24) is 5.32 Å². The second-order valence-corrected chi connectivity index (χ2v) is 4.43. The fraction of sp³-hybridized carbons (Fsp3) is 0.400. The molecule has 0 amide bonds. The molecule has 1 heterocycles. The molecule has 2 nitrogen and oxygen atoms in total. The topological polar surface area (TPSA) is 21.3 Å². The highest BCUT2D eigenvalue weighted by Gasteiger charge is 2.21. The van der Waals surface area contributed by atoms with Gasteiger partial charge in [-0.25, -0.2) is 0 Å². The van der Waals surface area contributed by atoms with Crippen LogP contribution in [0.25, 0.3) is 0 Å². The van der Waals surface area contributed by atoms with E-state index in [1.807, 2.05) is 6.07 Å². The normalized spacial score (nSPS) is 20.9. The molecule has 0 radical (unpaired) electrons. The first-order chi connectivity index (χ1) is 6.31. The van der Waals surface area contributed by atoms with Crippen LogP contribution in [-0.2, 0) is 0 Å². The van der Waals surface area contributed by atoms with Crippen molar-refractivity contribution in [2.45, 2.75) is 12.5 Å². The minimum Gasteiger partial charge on any atom is -0.496 e. The van der Waals surface area contributed by atoms with E-state index >= 15 is 0 Å². The van der Waals surface area contributed by atoms with Gasteiger partial charge in [-0.2, -0.15) is 0 Å². The monoisotopic (exact) mass is 289 g/mol. The molecule has 70 valence electrons. The highest BCUT2D eigenvalue weighted by Crippen LogP contribution is 2.31. The quantitative estimate of drug-likeness (QED) is 0.844. The SMILES string of the molecule is COc1ccc(I)cc1[C@H]1CCN1. The summed E-state index contributed by atoms with van der Waals surface area (Å²) in [5, 5.41) is 3.38. The van der Waals surface area contributed by atoms with Gasteiger partial charge in [0, 0.05) is 15.2 Å². The summed E-state index contributed by atoms with van der Waals surface area (Å²) < 4.78 is 6.58. The van der Waals surface area contributed by atoms with Crippen molar-refractivity contribution >= 4 is 22.6 Å². The fourth-order valence-corrected chi connectivity index (χ4v) is 2.05. The Morgan fingerprint density at radius 3 is 2.85 bits per heavy atom. The smallest absolute Gasteiger partial charge is 0.123 e. The Bertz CT molecular complexity index is 310. The van der Waals surface area contributed by atoms with E-state index in [1.54, 1.807) is 7.11 Å². The largest absolute Gasteiger partial charge is 0.496 e. The molecule has 1 aliphatic rings. The molecule has 0 aliphatic carbocycles. The summed E-state index contributed by atoms with van der Waals surface area (Å²) in [4.78, 5) is 0. The molecule has 0 bridgehead atoms. The Morgan fingerprint density at radius 1 is 1.54 bits per heavy atom. The van der Waals surface area contributed by atoms with Crippen LogP contribution in [0.15, 0.2) is 18.2 Å². The van der Waals surface area contributed by atoms with Crippen molar-refractivity contribution in [3.63, 3.8) is 0 Å². The lowest BCUT2D eigenvalue weighted by atomic mass is 9.97. The van der Waals surface area contributed by atoms with Gasteiger partial charge in [0.2, 0.25) is 0 Å². The van der Waals surface area contributed by atoms with E-state index in [0.29, 0.717) is 6.04 Å². The van der Waals surface area contributed by atoms with Crippen LogP contribution in [-0.4, -0.2) is 13.7 Å². The number of nitrogens with one attached hydrogen (secondary N) is 1. The van der Waals surface area contributed by atoms with Crippen LogP contribution in [0.4, 0.5) is 0 Å². The van der Waals surface area contributed by atoms with Crippen molar-refractivity contribution in [3.05, 3.63) is 27.3 Å². The third kappa shape index (κ3) is 1.81. The molecule has 13 heavy (non-hydrogen) atoms. The maximum Gasteiger partial charge on any atom is 0.123 e. The molecule has 3 heteroatoms. The molecule has 1 atom stereocenters. The number of hydrogen-bond acceptors (Lipinski definition) is 2. The molecule has 1 fully saturated rings. The molecule has 0 aromatic heterocycles. The highest BCUT2D eigenvalue weighted by atomic mass is 127. The molecule has 1 aromatic carbocycles. The standard InChI is InChI=1S/C10H12INO/c1-13-10-3-2-7(11)6-8(10)9-4-5-12-9/h2-3,6,9,12H,4-5H2,1H3/t9-/m1/s1. The maximum atomic E-state index is 5.31. The van der Waals surface area contributed by atoms with Crippen molar-refractivity contribution in [2.75, 3.05) is 13.7 Å². The molecule has 1 N–H and O–H groups in total. The zero-order chi connectivity index (χ0) is 9.26. The summed E-state index contributed by atoms with van der Waals surface area (Å²) in [6.07, 6.45) is 1.22. The Hall–Kier alpha value is -0.290. The van der Waals surface area contributed by atoms with Crippen LogP contribution in [0.3, 0.4) is 0 Å². The van der Waals surface area contributed by atoms with E-state index in [4.69, 9.17) is 4.74 Å². The number of methoxy groups -OCH3 is 1. The lowest BCUT2D eigenvalue weighted by Gasteiger charge is -2.29. The van der Waals surface area contributed by atoms with E-state index in [0.717, 1.165) is 12.3 Å². The van der Waals surface area contributed by atoms with Crippen LogP contribution in [0, 0.1) is 3.57 Å². The van der Waals surface area contributed by atoms with Crippen molar-refractivity contribution in [1.29, 1.82) is 0 Å². The Labute approximate surface area is 91.8 Å². The van der Waals surface area contributed by atoms with Gasteiger partial charge in [0.25, 0.3) is 0 Å². The van der Waals surface area contributed by atoms with Gasteiger partial charge in [-0.1, -0.05) is 0 Å². The summed E-state index contributed by atoms with van der Waals surface area (Å²) in [5.74, 6) is 0.998. The lowest BCUT2D eigenvalue weighted by Crippen LogP contribution is -2.35. The number of hydrogen-bond donors (Lipinski definition) is 1. The van der Waals surface area contributed by atoms with E-state index in [2.05, 4.69) is 40.0 Å². The van der Waals surface area contributed by atoms with Gasteiger partial charge in [-0.3, -0.25) is 0 Å². The van der Waals surface area contributed by atoms with E-state index < -0.39 is 0 Å².